The van der Waals surface area contributed by atoms with Crippen LogP contribution in [0.3, 0.4) is 0 Å². The minimum Gasteiger partial charge on any atom is -0.504 e. The van der Waals surface area contributed by atoms with E-state index in [2.05, 4.69) is 12.2 Å². The highest BCUT2D eigenvalue weighted by atomic mass is 16.5. The molecule has 5 nitrogen and oxygen atoms in total. The molecular formula is C15H23NO4. The van der Waals surface area contributed by atoms with Gasteiger partial charge in [0.15, 0.2) is 18.1 Å². The molecule has 0 aliphatic heterocycles. The second-order valence-electron chi connectivity index (χ2n) is 4.73. The van der Waals surface area contributed by atoms with E-state index >= 15 is 0 Å². The van der Waals surface area contributed by atoms with Crippen molar-refractivity contribution in [3.8, 4) is 11.5 Å². The van der Waals surface area contributed by atoms with Crippen molar-refractivity contribution in [1.82, 2.24) is 5.32 Å². The van der Waals surface area contributed by atoms with Crippen molar-refractivity contribution in [3.63, 3.8) is 0 Å². The zero-order valence-electron chi connectivity index (χ0n) is 11.8. The molecule has 0 aromatic heterocycles. The average molecular weight is 281 g/mol. The third-order valence-electron chi connectivity index (χ3n) is 3.05. The number of hydrogen-bond donors (Lipinski definition) is 3. The standard InChI is InChI=1S/C15H23NO4/c1-2-5-12(8-9-17)10-16-15(19)11-20-14-7-4-3-6-13(14)18/h3-4,6-7,12,17-18H,2,5,8-11H2,1H3,(H,16,19). The molecule has 0 bridgehead atoms. The number of phenols is 1. The highest BCUT2D eigenvalue weighted by molar-refractivity contribution is 5.77. The molecule has 1 amide bonds. The van der Waals surface area contributed by atoms with Crippen LogP contribution in [0.15, 0.2) is 24.3 Å². The van der Waals surface area contributed by atoms with Crippen molar-refractivity contribution >= 4 is 5.91 Å². The number of nitrogens with one attached hydrogen (secondary N) is 1. The van der Waals surface area contributed by atoms with Crippen LogP contribution in [0.4, 0.5) is 0 Å². The summed E-state index contributed by atoms with van der Waals surface area (Å²) < 4.78 is 5.24. The molecule has 0 aliphatic carbocycles. The fraction of sp³-hybridized carbons (Fsp3) is 0.533. The van der Waals surface area contributed by atoms with Crippen LogP contribution in [0, 0.1) is 5.92 Å². The summed E-state index contributed by atoms with van der Waals surface area (Å²) in [5, 5.41) is 21.2. The second-order valence-corrected chi connectivity index (χ2v) is 4.73. The predicted molar refractivity (Wildman–Crippen MR) is 76.7 cm³/mol. The third kappa shape index (κ3) is 5.93. The number of aliphatic hydroxyl groups excluding tert-OH is 1. The summed E-state index contributed by atoms with van der Waals surface area (Å²) in [5.41, 5.74) is 0. The van der Waals surface area contributed by atoms with E-state index in [0.717, 1.165) is 12.8 Å². The van der Waals surface area contributed by atoms with E-state index < -0.39 is 0 Å². The van der Waals surface area contributed by atoms with Crippen LogP contribution in [-0.2, 0) is 4.79 Å². The molecule has 3 N–H and O–H groups in total. The van der Waals surface area contributed by atoms with Crippen LogP contribution in [0.25, 0.3) is 0 Å². The van der Waals surface area contributed by atoms with E-state index in [-0.39, 0.29) is 24.9 Å². The molecule has 20 heavy (non-hydrogen) atoms. The number of carbonyl (C=O) groups excluding carboxylic acids is 1. The summed E-state index contributed by atoms with van der Waals surface area (Å²) in [7, 11) is 0. The lowest BCUT2D eigenvalue weighted by molar-refractivity contribution is -0.123. The maximum atomic E-state index is 11.7. The molecule has 0 aliphatic rings. The number of benzene rings is 1. The Morgan fingerprint density at radius 3 is 2.75 bits per heavy atom. The molecule has 0 spiro atoms. The second kappa shape index (κ2) is 9.20. The van der Waals surface area contributed by atoms with Gasteiger partial charge in [0.25, 0.3) is 5.91 Å². The number of ether oxygens (including phenoxy) is 1. The lowest BCUT2D eigenvalue weighted by Gasteiger charge is -2.15. The molecule has 1 rings (SSSR count). The first-order valence-electron chi connectivity index (χ1n) is 6.95. The number of aliphatic hydroxyl groups is 1. The first-order chi connectivity index (χ1) is 9.67. The van der Waals surface area contributed by atoms with Crippen LogP contribution < -0.4 is 10.1 Å². The fourth-order valence-corrected chi connectivity index (χ4v) is 1.97. The van der Waals surface area contributed by atoms with E-state index in [1.165, 1.54) is 6.07 Å². The molecule has 0 fully saturated rings. The van der Waals surface area contributed by atoms with Gasteiger partial charge >= 0.3 is 0 Å². The van der Waals surface area contributed by atoms with Crippen LogP contribution in [0.5, 0.6) is 11.5 Å². The number of hydrogen-bond acceptors (Lipinski definition) is 4. The van der Waals surface area contributed by atoms with Gasteiger partial charge in [0, 0.05) is 13.2 Å². The maximum absolute atomic E-state index is 11.7. The van der Waals surface area contributed by atoms with Gasteiger partial charge in [-0.25, -0.2) is 0 Å². The quantitative estimate of drug-likeness (QED) is 0.643. The summed E-state index contributed by atoms with van der Waals surface area (Å²) in [6.45, 7) is 2.62. The molecule has 0 radical (unpaired) electrons. The van der Waals surface area contributed by atoms with Gasteiger partial charge in [-0.05, 0) is 30.9 Å². The van der Waals surface area contributed by atoms with Gasteiger partial charge in [-0.3, -0.25) is 4.79 Å². The first kappa shape index (κ1) is 16.3. The minimum atomic E-state index is -0.229. The highest BCUT2D eigenvalue weighted by Crippen LogP contribution is 2.23. The van der Waals surface area contributed by atoms with E-state index in [0.29, 0.717) is 24.6 Å². The SMILES string of the molecule is CCCC(CCO)CNC(=O)COc1ccccc1O. The van der Waals surface area contributed by atoms with Gasteiger partial charge in [0.1, 0.15) is 0 Å². The maximum Gasteiger partial charge on any atom is 0.257 e. The molecule has 5 heteroatoms. The van der Waals surface area contributed by atoms with E-state index in [1.807, 2.05) is 0 Å². The zero-order chi connectivity index (χ0) is 14.8. The van der Waals surface area contributed by atoms with Crippen molar-refractivity contribution in [2.24, 2.45) is 5.92 Å². The van der Waals surface area contributed by atoms with Gasteiger partial charge in [-0.1, -0.05) is 25.5 Å². The number of phenolic OH excluding ortho intramolecular Hbond substituents is 1. The van der Waals surface area contributed by atoms with E-state index in [4.69, 9.17) is 9.84 Å². The number of amides is 1. The summed E-state index contributed by atoms with van der Waals surface area (Å²) in [6.07, 6.45) is 2.69. The average Bonchev–Trinajstić information content (AvgIpc) is 2.44. The number of para-hydroxylation sites is 2. The Morgan fingerprint density at radius 1 is 1.35 bits per heavy atom. The summed E-state index contributed by atoms with van der Waals surface area (Å²) in [6, 6.07) is 6.53. The summed E-state index contributed by atoms with van der Waals surface area (Å²) >= 11 is 0. The van der Waals surface area contributed by atoms with Crippen molar-refractivity contribution in [2.75, 3.05) is 19.8 Å². The Labute approximate surface area is 119 Å². The molecule has 1 aromatic carbocycles. The van der Waals surface area contributed by atoms with Gasteiger partial charge in [-0.15, -0.1) is 0 Å². The molecule has 1 unspecified atom stereocenters. The van der Waals surface area contributed by atoms with Crippen LogP contribution in [0.2, 0.25) is 0 Å². The fourth-order valence-electron chi connectivity index (χ4n) is 1.97. The molecule has 112 valence electrons. The number of aromatic hydroxyl groups is 1. The van der Waals surface area contributed by atoms with Gasteiger partial charge < -0.3 is 20.3 Å². The molecule has 0 heterocycles. The smallest absolute Gasteiger partial charge is 0.257 e. The Morgan fingerprint density at radius 2 is 2.10 bits per heavy atom. The molecule has 0 saturated carbocycles. The van der Waals surface area contributed by atoms with Crippen LogP contribution >= 0.6 is 0 Å². The lowest BCUT2D eigenvalue weighted by Crippen LogP contribution is -2.33. The normalized spacial score (nSPS) is 11.9. The third-order valence-corrected chi connectivity index (χ3v) is 3.05. The predicted octanol–water partition coefficient (Wildman–Crippen LogP) is 1.69. The topological polar surface area (TPSA) is 78.8 Å². The largest absolute Gasteiger partial charge is 0.504 e. The Balaban J connectivity index is 2.31. The zero-order valence-corrected chi connectivity index (χ0v) is 11.8. The minimum absolute atomic E-state index is 0.0180. The van der Waals surface area contributed by atoms with Gasteiger partial charge in [0.2, 0.25) is 0 Å². The van der Waals surface area contributed by atoms with E-state index in [1.54, 1.807) is 18.2 Å². The summed E-state index contributed by atoms with van der Waals surface area (Å²) in [5.74, 6) is 0.374. The van der Waals surface area contributed by atoms with Crippen molar-refractivity contribution in [1.29, 1.82) is 0 Å². The number of rotatable bonds is 9. The van der Waals surface area contributed by atoms with Gasteiger partial charge in [-0.2, -0.15) is 0 Å². The molecule has 1 atom stereocenters. The monoisotopic (exact) mass is 281 g/mol. The van der Waals surface area contributed by atoms with Crippen molar-refractivity contribution in [3.05, 3.63) is 24.3 Å². The Bertz CT molecular complexity index is 403. The van der Waals surface area contributed by atoms with Crippen LogP contribution in [0.1, 0.15) is 26.2 Å². The summed E-state index contributed by atoms with van der Waals surface area (Å²) in [4.78, 5) is 11.7. The van der Waals surface area contributed by atoms with Crippen LogP contribution in [-0.4, -0.2) is 35.9 Å². The molecular weight excluding hydrogens is 258 g/mol. The first-order valence-corrected chi connectivity index (χ1v) is 6.95. The Hall–Kier alpha value is -1.75. The number of carbonyl (C=O) groups is 1. The van der Waals surface area contributed by atoms with E-state index in [9.17, 15) is 9.90 Å². The van der Waals surface area contributed by atoms with Crippen molar-refractivity contribution in [2.45, 2.75) is 26.2 Å². The Kier molecular flexibility index (Phi) is 7.50. The highest BCUT2D eigenvalue weighted by Gasteiger charge is 2.10. The molecule has 0 saturated heterocycles. The van der Waals surface area contributed by atoms with Gasteiger partial charge in [0.05, 0.1) is 0 Å². The lowest BCUT2D eigenvalue weighted by atomic mass is 10.0. The molecule has 1 aromatic rings. The van der Waals surface area contributed by atoms with Crippen molar-refractivity contribution < 1.29 is 19.7 Å².